The van der Waals surface area contributed by atoms with Crippen molar-refractivity contribution in [1.82, 2.24) is 20.1 Å². The van der Waals surface area contributed by atoms with Crippen LogP contribution in [0.15, 0.2) is 79.5 Å². The molecular formula is C27H25F6N5. The quantitative estimate of drug-likeness (QED) is 0.157. The van der Waals surface area contributed by atoms with Gasteiger partial charge in [0.05, 0.1) is 29.7 Å². The maximum atomic E-state index is 12.8. The van der Waals surface area contributed by atoms with E-state index < -0.39 is 25.3 Å². The van der Waals surface area contributed by atoms with Crippen LogP contribution in [-0.4, -0.2) is 27.1 Å². The summed E-state index contributed by atoms with van der Waals surface area (Å²) in [7, 11) is 0. The molecule has 4 aromatic rings. The summed E-state index contributed by atoms with van der Waals surface area (Å²) < 4.78 is 77.4. The highest BCUT2D eigenvalue weighted by Gasteiger charge is 2.29. The van der Waals surface area contributed by atoms with E-state index >= 15 is 0 Å². The fraction of sp³-hybridized carbons (Fsp3) is 0.222. The molecule has 4 rings (SSSR count). The minimum atomic E-state index is -4.37. The summed E-state index contributed by atoms with van der Waals surface area (Å²) >= 11 is 0. The van der Waals surface area contributed by atoms with Crippen LogP contribution in [0.1, 0.15) is 16.7 Å². The Hall–Kier alpha value is -4.15. The van der Waals surface area contributed by atoms with Gasteiger partial charge in [-0.3, -0.25) is 4.68 Å². The van der Waals surface area contributed by atoms with E-state index in [0.717, 1.165) is 15.6 Å². The van der Waals surface area contributed by atoms with Crippen LogP contribution in [0.2, 0.25) is 0 Å². The number of anilines is 1. The number of nitrogens with one attached hydrogen (secondary N) is 3. The van der Waals surface area contributed by atoms with Crippen LogP contribution in [-0.2, 0) is 19.5 Å². The van der Waals surface area contributed by atoms with Gasteiger partial charge in [-0.15, -0.1) is 0 Å². The van der Waals surface area contributed by atoms with Gasteiger partial charge in [-0.1, -0.05) is 37.4 Å². The number of nitrogens with zero attached hydrogens (tertiary/aromatic N) is 2. The summed E-state index contributed by atoms with van der Waals surface area (Å²) in [5.41, 5.74) is 5.04. The van der Waals surface area contributed by atoms with Gasteiger partial charge < -0.3 is 15.6 Å². The number of aromatic nitrogens is 3. The SMILES string of the molecule is C=C(NCc1ccc(C)c(CC(F)(F)F)c1)C(=C)Nc1c[nH]c2ccc(-c3cnn(CC(F)(F)F)c3)cc12. The van der Waals surface area contributed by atoms with Gasteiger partial charge in [0.1, 0.15) is 6.54 Å². The summed E-state index contributed by atoms with van der Waals surface area (Å²) in [4.78, 5) is 3.12. The van der Waals surface area contributed by atoms with Gasteiger partial charge in [0.25, 0.3) is 0 Å². The van der Waals surface area contributed by atoms with Gasteiger partial charge in [0.2, 0.25) is 0 Å². The van der Waals surface area contributed by atoms with E-state index in [1.165, 1.54) is 18.5 Å². The fourth-order valence-electron chi connectivity index (χ4n) is 3.98. The van der Waals surface area contributed by atoms with E-state index in [0.29, 0.717) is 39.3 Å². The first-order chi connectivity index (χ1) is 17.8. The summed E-state index contributed by atoms with van der Waals surface area (Å²) in [5, 5.41) is 10.8. The second kappa shape index (κ2) is 10.3. The average Bonchev–Trinajstić information content (AvgIpc) is 3.44. The fourth-order valence-corrected chi connectivity index (χ4v) is 3.98. The average molecular weight is 534 g/mol. The maximum absolute atomic E-state index is 12.8. The van der Waals surface area contributed by atoms with Crippen molar-refractivity contribution in [3.05, 3.63) is 96.2 Å². The van der Waals surface area contributed by atoms with E-state index in [2.05, 4.69) is 33.9 Å². The normalized spacial score (nSPS) is 12.1. The van der Waals surface area contributed by atoms with Crippen molar-refractivity contribution in [2.75, 3.05) is 5.32 Å². The predicted octanol–water partition coefficient (Wildman–Crippen LogP) is 7.24. The first-order valence-electron chi connectivity index (χ1n) is 11.5. The number of alkyl halides is 6. The summed E-state index contributed by atoms with van der Waals surface area (Å²) in [6, 6.07) is 10.3. The molecule has 0 radical (unpaired) electrons. The molecule has 2 aromatic heterocycles. The minimum absolute atomic E-state index is 0.220. The molecule has 11 heteroatoms. The van der Waals surface area contributed by atoms with Gasteiger partial charge >= 0.3 is 12.4 Å². The Labute approximate surface area is 214 Å². The van der Waals surface area contributed by atoms with E-state index in [-0.39, 0.29) is 12.1 Å². The third kappa shape index (κ3) is 6.78. The van der Waals surface area contributed by atoms with Crippen LogP contribution < -0.4 is 10.6 Å². The second-order valence-corrected chi connectivity index (χ2v) is 8.99. The molecule has 5 nitrogen and oxygen atoms in total. The standard InChI is InChI=1S/C27H25F6N5/c1-16-4-5-19(8-21(16)10-26(28,29)30)11-34-17(2)18(3)37-25-13-35-24-7-6-20(9-23(24)25)22-12-36-38(14-22)15-27(31,32)33/h4-9,12-14,34-35,37H,2-3,10-11,15H2,1H3. The van der Waals surface area contributed by atoms with E-state index in [9.17, 15) is 26.3 Å². The summed E-state index contributed by atoms with van der Waals surface area (Å²) in [6.07, 6.45) is -5.21. The van der Waals surface area contributed by atoms with Crippen LogP contribution in [0.5, 0.6) is 0 Å². The van der Waals surface area contributed by atoms with Crippen molar-refractivity contribution in [2.45, 2.75) is 38.8 Å². The number of aromatic amines is 1. The molecule has 0 fully saturated rings. The van der Waals surface area contributed by atoms with Gasteiger partial charge in [0, 0.05) is 35.4 Å². The number of fused-ring (bicyclic) bond motifs is 1. The Kier molecular flexibility index (Phi) is 7.30. The first kappa shape index (κ1) is 26.9. The molecule has 0 amide bonds. The lowest BCUT2D eigenvalue weighted by Gasteiger charge is -2.15. The highest BCUT2D eigenvalue weighted by molar-refractivity contribution is 5.96. The third-order valence-corrected chi connectivity index (χ3v) is 5.95. The Morgan fingerprint density at radius 3 is 2.45 bits per heavy atom. The van der Waals surface area contributed by atoms with Crippen molar-refractivity contribution >= 4 is 16.6 Å². The molecular weight excluding hydrogens is 508 g/mol. The topological polar surface area (TPSA) is 57.7 Å². The van der Waals surface area contributed by atoms with E-state index in [4.69, 9.17) is 0 Å². The lowest BCUT2D eigenvalue weighted by atomic mass is 10.0. The molecule has 2 heterocycles. The van der Waals surface area contributed by atoms with Gasteiger partial charge in [-0.25, -0.2) is 0 Å². The molecule has 0 aliphatic heterocycles. The van der Waals surface area contributed by atoms with Crippen molar-refractivity contribution in [3.8, 4) is 11.1 Å². The van der Waals surface area contributed by atoms with Crippen LogP contribution in [0.3, 0.4) is 0 Å². The van der Waals surface area contributed by atoms with Gasteiger partial charge in [0.15, 0.2) is 0 Å². The van der Waals surface area contributed by atoms with Crippen molar-refractivity contribution in [3.63, 3.8) is 0 Å². The lowest BCUT2D eigenvalue weighted by Crippen LogP contribution is -2.17. The highest BCUT2D eigenvalue weighted by atomic mass is 19.4. The minimum Gasteiger partial charge on any atom is -0.380 e. The molecule has 0 spiro atoms. The van der Waals surface area contributed by atoms with Crippen LogP contribution >= 0.6 is 0 Å². The van der Waals surface area contributed by atoms with Crippen molar-refractivity contribution in [2.24, 2.45) is 0 Å². The molecule has 200 valence electrons. The molecule has 0 saturated carbocycles. The summed E-state index contributed by atoms with van der Waals surface area (Å²) in [5.74, 6) is 0. The van der Waals surface area contributed by atoms with Gasteiger partial charge in [-0.2, -0.15) is 31.4 Å². The zero-order valence-corrected chi connectivity index (χ0v) is 20.4. The summed E-state index contributed by atoms with van der Waals surface area (Å²) in [6.45, 7) is 8.68. The number of aryl methyl sites for hydroxylation is 1. The van der Waals surface area contributed by atoms with E-state index in [1.807, 2.05) is 12.1 Å². The second-order valence-electron chi connectivity index (χ2n) is 8.99. The molecule has 2 aromatic carbocycles. The molecule has 0 aliphatic rings. The Balaban J connectivity index is 1.43. The van der Waals surface area contributed by atoms with E-state index in [1.54, 1.807) is 31.3 Å². The molecule has 0 atom stereocenters. The maximum Gasteiger partial charge on any atom is 0.408 e. The number of halogens is 6. The smallest absolute Gasteiger partial charge is 0.380 e. The molecule has 38 heavy (non-hydrogen) atoms. The number of hydrogen-bond acceptors (Lipinski definition) is 3. The van der Waals surface area contributed by atoms with Crippen LogP contribution in [0.4, 0.5) is 32.0 Å². The monoisotopic (exact) mass is 533 g/mol. The molecule has 0 unspecified atom stereocenters. The zero-order chi connectivity index (χ0) is 27.7. The largest absolute Gasteiger partial charge is 0.408 e. The highest BCUT2D eigenvalue weighted by Crippen LogP contribution is 2.30. The first-order valence-corrected chi connectivity index (χ1v) is 11.5. The third-order valence-electron chi connectivity index (χ3n) is 5.95. The number of hydrogen-bond donors (Lipinski definition) is 3. The molecule has 0 aliphatic carbocycles. The lowest BCUT2D eigenvalue weighted by molar-refractivity contribution is -0.142. The Morgan fingerprint density at radius 2 is 1.74 bits per heavy atom. The predicted molar refractivity (Wildman–Crippen MR) is 135 cm³/mol. The molecule has 3 N–H and O–H groups in total. The zero-order valence-electron chi connectivity index (χ0n) is 20.4. The number of rotatable bonds is 9. The molecule has 0 saturated heterocycles. The molecule has 0 bridgehead atoms. The van der Waals surface area contributed by atoms with Crippen molar-refractivity contribution in [1.29, 1.82) is 0 Å². The van der Waals surface area contributed by atoms with Crippen LogP contribution in [0, 0.1) is 6.92 Å². The Morgan fingerprint density at radius 1 is 0.974 bits per heavy atom. The van der Waals surface area contributed by atoms with Crippen LogP contribution in [0.25, 0.3) is 22.0 Å². The Bertz CT molecular complexity index is 1480. The number of H-pyrrole nitrogens is 1. The van der Waals surface area contributed by atoms with Crippen molar-refractivity contribution < 1.29 is 26.3 Å². The number of benzene rings is 2. The van der Waals surface area contributed by atoms with Gasteiger partial charge in [-0.05, 0) is 41.3 Å².